The van der Waals surface area contributed by atoms with Crippen LogP contribution in [0.15, 0.2) is 53.6 Å². The molecule has 0 saturated carbocycles. The summed E-state index contributed by atoms with van der Waals surface area (Å²) in [6.45, 7) is 1.79. The second kappa shape index (κ2) is 10.7. The quantitative estimate of drug-likeness (QED) is 0.428. The lowest BCUT2D eigenvalue weighted by Crippen LogP contribution is -2.15. The Labute approximate surface area is 196 Å². The Bertz CT molecular complexity index is 1170. The van der Waals surface area contributed by atoms with Crippen molar-refractivity contribution in [2.45, 2.75) is 23.6 Å². The fraction of sp³-hybridized carbons (Fsp3) is 0.240. The number of hydrogen-bond acceptors (Lipinski definition) is 7. The Morgan fingerprint density at radius 1 is 1.06 bits per heavy atom. The lowest BCUT2D eigenvalue weighted by molar-refractivity contribution is -0.136. The molecule has 0 fully saturated rings. The van der Waals surface area contributed by atoms with E-state index in [1.54, 1.807) is 19.1 Å². The number of aromatic nitrogens is 1. The van der Waals surface area contributed by atoms with Crippen LogP contribution in [-0.4, -0.2) is 42.6 Å². The third-order valence-electron chi connectivity index (χ3n) is 5.04. The van der Waals surface area contributed by atoms with Gasteiger partial charge in [0.15, 0.2) is 11.5 Å². The zero-order chi connectivity index (χ0) is 24.0. The summed E-state index contributed by atoms with van der Waals surface area (Å²) >= 11 is 1.07. The largest absolute Gasteiger partial charge is 0.493 e. The first-order valence-corrected chi connectivity index (χ1v) is 11.1. The lowest BCUT2D eigenvalue weighted by atomic mass is 9.98. The van der Waals surface area contributed by atoms with E-state index in [0.717, 1.165) is 17.3 Å². The van der Waals surface area contributed by atoms with E-state index in [4.69, 9.17) is 14.2 Å². The molecular weight excluding hydrogens is 440 g/mol. The Balaban J connectivity index is 2.31. The molecule has 0 spiro atoms. The minimum Gasteiger partial charge on any atom is -0.493 e. The predicted molar refractivity (Wildman–Crippen MR) is 127 cm³/mol. The van der Waals surface area contributed by atoms with Crippen LogP contribution in [0.1, 0.15) is 18.9 Å². The summed E-state index contributed by atoms with van der Waals surface area (Å²) in [6.07, 6.45) is 0.391. The lowest BCUT2D eigenvalue weighted by Gasteiger charge is -2.17. The number of benzene rings is 2. The van der Waals surface area contributed by atoms with E-state index >= 15 is 0 Å². The van der Waals surface area contributed by atoms with Gasteiger partial charge in [-0.3, -0.25) is 4.79 Å². The maximum Gasteiger partial charge on any atom is 0.317 e. The smallest absolute Gasteiger partial charge is 0.317 e. The zero-order valence-electron chi connectivity index (χ0n) is 18.8. The Morgan fingerprint density at radius 2 is 1.70 bits per heavy atom. The molecule has 0 radical (unpaired) electrons. The number of ether oxygens (including phenoxy) is 3. The van der Waals surface area contributed by atoms with Crippen LogP contribution in [0.5, 0.6) is 17.2 Å². The van der Waals surface area contributed by atoms with Gasteiger partial charge in [-0.1, -0.05) is 49.0 Å². The van der Waals surface area contributed by atoms with Gasteiger partial charge in [0.25, 0.3) is 0 Å². The highest BCUT2D eigenvalue weighted by Crippen LogP contribution is 2.43. The van der Waals surface area contributed by atoms with E-state index in [1.165, 1.54) is 21.3 Å². The number of carbonyl (C=O) groups is 1. The monoisotopic (exact) mass is 464 g/mol. The maximum absolute atomic E-state index is 11.7. The molecular formula is C25H24N2O5S. The number of thioether (sulfide) groups is 1. The van der Waals surface area contributed by atoms with Gasteiger partial charge < -0.3 is 19.3 Å². The van der Waals surface area contributed by atoms with Crippen molar-refractivity contribution in [3.05, 3.63) is 54.1 Å². The number of aliphatic carboxylic acids is 1. The number of pyridine rings is 1. The molecule has 1 unspecified atom stereocenters. The van der Waals surface area contributed by atoms with Crippen LogP contribution in [0, 0.1) is 11.3 Å². The molecule has 0 aliphatic rings. The average molecular weight is 465 g/mol. The van der Waals surface area contributed by atoms with Gasteiger partial charge in [0.1, 0.15) is 16.3 Å². The zero-order valence-corrected chi connectivity index (χ0v) is 19.6. The van der Waals surface area contributed by atoms with Crippen LogP contribution in [0.25, 0.3) is 22.4 Å². The summed E-state index contributed by atoms with van der Waals surface area (Å²) in [6, 6.07) is 17.1. The Kier molecular flexibility index (Phi) is 7.80. The van der Waals surface area contributed by atoms with Crippen molar-refractivity contribution < 1.29 is 24.1 Å². The van der Waals surface area contributed by atoms with Crippen molar-refractivity contribution in [1.29, 1.82) is 5.26 Å². The Hall–Kier alpha value is -3.70. The number of rotatable bonds is 9. The van der Waals surface area contributed by atoms with Crippen molar-refractivity contribution >= 4 is 17.7 Å². The number of nitriles is 1. The van der Waals surface area contributed by atoms with Crippen LogP contribution < -0.4 is 14.2 Å². The SMILES string of the molecule is CCC(Sc1nc(-c2ccccc2)cc(-c2cc(OC)c(OC)c(OC)c2)c1C#N)C(=O)O. The van der Waals surface area contributed by atoms with Crippen molar-refractivity contribution in [3.63, 3.8) is 0 Å². The topological polar surface area (TPSA) is 102 Å². The van der Waals surface area contributed by atoms with Gasteiger partial charge >= 0.3 is 5.97 Å². The predicted octanol–water partition coefficient (Wildman–Crippen LogP) is 5.27. The van der Waals surface area contributed by atoms with E-state index in [0.29, 0.717) is 45.5 Å². The fourth-order valence-electron chi connectivity index (χ4n) is 3.38. The van der Waals surface area contributed by atoms with Crippen molar-refractivity contribution in [2.24, 2.45) is 0 Å². The molecule has 1 atom stereocenters. The summed E-state index contributed by atoms with van der Waals surface area (Å²) < 4.78 is 16.4. The Morgan fingerprint density at radius 3 is 2.18 bits per heavy atom. The van der Waals surface area contributed by atoms with Crippen molar-refractivity contribution in [3.8, 4) is 45.7 Å². The van der Waals surface area contributed by atoms with E-state index in [1.807, 2.05) is 36.4 Å². The number of carboxylic acid groups (broad SMARTS) is 1. The third-order valence-corrected chi connectivity index (χ3v) is 6.38. The van der Waals surface area contributed by atoms with Crippen molar-refractivity contribution in [2.75, 3.05) is 21.3 Å². The first kappa shape index (κ1) is 24.0. The minimum absolute atomic E-state index is 0.286. The second-order valence-electron chi connectivity index (χ2n) is 6.98. The molecule has 1 aromatic heterocycles. The highest BCUT2D eigenvalue weighted by atomic mass is 32.2. The summed E-state index contributed by atoms with van der Waals surface area (Å²) in [5.41, 5.74) is 3.01. The molecule has 0 aliphatic heterocycles. The van der Waals surface area contributed by atoms with Crippen LogP contribution >= 0.6 is 11.8 Å². The summed E-state index contributed by atoms with van der Waals surface area (Å²) in [7, 11) is 4.56. The van der Waals surface area contributed by atoms with E-state index in [9.17, 15) is 15.2 Å². The summed E-state index contributed by atoms with van der Waals surface area (Å²) in [5, 5.41) is 19.3. The highest BCUT2D eigenvalue weighted by Gasteiger charge is 2.24. The number of hydrogen-bond donors (Lipinski definition) is 1. The molecule has 1 N–H and O–H groups in total. The van der Waals surface area contributed by atoms with Gasteiger partial charge in [0.05, 0.1) is 32.6 Å². The number of carboxylic acids is 1. The average Bonchev–Trinajstić information content (AvgIpc) is 2.85. The first-order valence-electron chi connectivity index (χ1n) is 10.2. The van der Waals surface area contributed by atoms with Crippen LogP contribution in [0.2, 0.25) is 0 Å². The van der Waals surface area contributed by atoms with E-state index in [-0.39, 0.29) is 5.56 Å². The second-order valence-corrected chi connectivity index (χ2v) is 8.17. The third kappa shape index (κ3) is 5.04. The van der Waals surface area contributed by atoms with Gasteiger partial charge in [0.2, 0.25) is 5.75 Å². The fourth-order valence-corrected chi connectivity index (χ4v) is 4.34. The van der Waals surface area contributed by atoms with Crippen LogP contribution in [0.4, 0.5) is 0 Å². The van der Waals surface area contributed by atoms with E-state index in [2.05, 4.69) is 11.1 Å². The van der Waals surface area contributed by atoms with Gasteiger partial charge in [-0.05, 0) is 30.2 Å². The molecule has 0 bridgehead atoms. The standard InChI is InChI=1S/C25H24N2O5S/c1-5-22(25(28)29)33-24-18(14-26)17(13-19(27-24)15-9-7-6-8-10-15)16-11-20(30-2)23(32-4)21(12-16)31-3/h6-13,22H,5H2,1-4H3,(H,28,29). The van der Waals surface area contributed by atoms with Gasteiger partial charge in [0, 0.05) is 11.1 Å². The van der Waals surface area contributed by atoms with Crippen LogP contribution in [0.3, 0.4) is 0 Å². The van der Waals surface area contributed by atoms with Gasteiger partial charge in [-0.15, -0.1) is 0 Å². The molecule has 3 rings (SSSR count). The highest BCUT2D eigenvalue weighted by molar-refractivity contribution is 8.00. The van der Waals surface area contributed by atoms with Crippen molar-refractivity contribution in [1.82, 2.24) is 4.98 Å². The molecule has 33 heavy (non-hydrogen) atoms. The molecule has 0 amide bonds. The maximum atomic E-state index is 11.7. The molecule has 0 aliphatic carbocycles. The van der Waals surface area contributed by atoms with Gasteiger partial charge in [-0.2, -0.15) is 5.26 Å². The number of methoxy groups -OCH3 is 3. The molecule has 7 nitrogen and oxygen atoms in total. The molecule has 0 saturated heterocycles. The summed E-state index contributed by atoms with van der Waals surface area (Å²) in [5.74, 6) is 0.374. The molecule has 2 aromatic carbocycles. The molecule has 3 aromatic rings. The normalized spacial score (nSPS) is 11.4. The van der Waals surface area contributed by atoms with Gasteiger partial charge in [-0.25, -0.2) is 4.98 Å². The first-order chi connectivity index (χ1) is 16.0. The molecule has 170 valence electrons. The van der Waals surface area contributed by atoms with E-state index < -0.39 is 11.2 Å². The number of nitrogens with zero attached hydrogens (tertiary/aromatic N) is 2. The minimum atomic E-state index is -0.951. The molecule has 1 heterocycles. The van der Waals surface area contributed by atoms with Crippen LogP contribution in [-0.2, 0) is 4.79 Å². The molecule has 8 heteroatoms. The summed E-state index contributed by atoms with van der Waals surface area (Å²) in [4.78, 5) is 16.4.